The Morgan fingerprint density at radius 3 is 2.55 bits per heavy atom. The number of nitrogens with one attached hydrogen (secondary N) is 1. The van der Waals surface area contributed by atoms with E-state index in [0.29, 0.717) is 30.2 Å². The van der Waals surface area contributed by atoms with Gasteiger partial charge in [0.1, 0.15) is 5.82 Å². The first-order valence-electron chi connectivity index (χ1n) is 11.2. The molecular weight excluding hydrogens is 419 g/mol. The van der Waals surface area contributed by atoms with E-state index in [0.717, 1.165) is 30.4 Å². The summed E-state index contributed by atoms with van der Waals surface area (Å²) in [6, 6.07) is 15.5. The number of hydrogen-bond acceptors (Lipinski definition) is 4. The summed E-state index contributed by atoms with van der Waals surface area (Å²) in [6.45, 7) is 2.84. The van der Waals surface area contributed by atoms with E-state index >= 15 is 0 Å². The number of likely N-dealkylation sites (tertiary alicyclic amines) is 1. The minimum atomic E-state index is -0.321. The van der Waals surface area contributed by atoms with Crippen molar-refractivity contribution in [1.29, 1.82) is 0 Å². The molecular formula is C26H27FN4O2. The third kappa shape index (κ3) is 5.61. The minimum Gasteiger partial charge on any atom is -0.348 e. The van der Waals surface area contributed by atoms with Gasteiger partial charge in [0.25, 0.3) is 5.91 Å². The zero-order chi connectivity index (χ0) is 23.2. The van der Waals surface area contributed by atoms with Gasteiger partial charge >= 0.3 is 0 Å². The summed E-state index contributed by atoms with van der Waals surface area (Å²) in [4.78, 5) is 36.6. The van der Waals surface area contributed by atoms with Gasteiger partial charge in [-0.25, -0.2) is 14.4 Å². The molecule has 33 heavy (non-hydrogen) atoms. The van der Waals surface area contributed by atoms with E-state index in [1.165, 1.54) is 12.1 Å². The molecule has 6 nitrogen and oxygen atoms in total. The highest BCUT2D eigenvalue weighted by Crippen LogP contribution is 2.30. The zero-order valence-electron chi connectivity index (χ0n) is 18.6. The maximum atomic E-state index is 13.2. The number of halogens is 1. The number of aryl methyl sites for hydroxylation is 1. The van der Waals surface area contributed by atoms with Gasteiger partial charge in [0.05, 0.1) is 23.7 Å². The number of piperidine rings is 1. The van der Waals surface area contributed by atoms with Crippen molar-refractivity contribution < 1.29 is 14.0 Å². The summed E-state index contributed by atoms with van der Waals surface area (Å²) in [6.07, 6.45) is 4.43. The van der Waals surface area contributed by atoms with E-state index in [2.05, 4.69) is 15.3 Å². The Morgan fingerprint density at radius 2 is 1.82 bits per heavy atom. The van der Waals surface area contributed by atoms with Gasteiger partial charge in [-0.2, -0.15) is 0 Å². The Morgan fingerprint density at radius 1 is 1.06 bits per heavy atom. The van der Waals surface area contributed by atoms with Crippen molar-refractivity contribution in [3.63, 3.8) is 0 Å². The topological polar surface area (TPSA) is 75.2 Å². The maximum Gasteiger partial charge on any atom is 0.254 e. The molecule has 4 rings (SSSR count). The van der Waals surface area contributed by atoms with E-state index in [9.17, 15) is 14.0 Å². The quantitative estimate of drug-likeness (QED) is 0.617. The molecule has 0 unspecified atom stereocenters. The first-order chi connectivity index (χ1) is 16.0. The number of carbonyl (C=O) groups excluding carboxylic acids is 2. The van der Waals surface area contributed by atoms with Crippen LogP contribution in [-0.2, 0) is 17.8 Å². The summed E-state index contributed by atoms with van der Waals surface area (Å²) < 4.78 is 13.2. The maximum absolute atomic E-state index is 13.2. The van der Waals surface area contributed by atoms with Gasteiger partial charge in [0, 0.05) is 19.3 Å². The van der Waals surface area contributed by atoms with Gasteiger partial charge in [-0.15, -0.1) is 0 Å². The van der Waals surface area contributed by atoms with Crippen molar-refractivity contribution in [1.82, 2.24) is 20.2 Å². The number of hydrogen-bond donors (Lipinski definition) is 1. The molecule has 2 amide bonds. The van der Waals surface area contributed by atoms with Crippen molar-refractivity contribution in [2.24, 2.45) is 0 Å². The van der Waals surface area contributed by atoms with Crippen LogP contribution >= 0.6 is 0 Å². The van der Waals surface area contributed by atoms with Crippen LogP contribution in [-0.4, -0.2) is 33.2 Å². The average molecular weight is 447 g/mol. The van der Waals surface area contributed by atoms with Crippen LogP contribution in [0.3, 0.4) is 0 Å². The molecule has 1 aliphatic heterocycles. The molecule has 0 saturated carbocycles. The Hall–Kier alpha value is -3.61. The summed E-state index contributed by atoms with van der Waals surface area (Å²) in [5, 5.41) is 2.90. The van der Waals surface area contributed by atoms with E-state index < -0.39 is 0 Å². The predicted octanol–water partition coefficient (Wildman–Crippen LogP) is 4.15. The van der Waals surface area contributed by atoms with Crippen LogP contribution in [0.15, 0.2) is 60.8 Å². The smallest absolute Gasteiger partial charge is 0.254 e. The highest BCUT2D eigenvalue weighted by Gasteiger charge is 2.30. The number of amides is 2. The number of nitrogens with zero attached hydrogens (tertiary/aromatic N) is 3. The van der Waals surface area contributed by atoms with E-state index in [4.69, 9.17) is 0 Å². The molecule has 1 fully saturated rings. The molecule has 7 heteroatoms. The van der Waals surface area contributed by atoms with Crippen molar-refractivity contribution >= 4 is 11.8 Å². The monoisotopic (exact) mass is 446 g/mol. The lowest BCUT2D eigenvalue weighted by molar-refractivity contribution is -0.134. The van der Waals surface area contributed by atoms with Crippen molar-refractivity contribution in [3.8, 4) is 0 Å². The number of aromatic nitrogens is 2. The minimum absolute atomic E-state index is 0.0303. The van der Waals surface area contributed by atoms with Gasteiger partial charge in [-0.3, -0.25) is 9.59 Å². The zero-order valence-corrected chi connectivity index (χ0v) is 18.6. The third-order valence-corrected chi connectivity index (χ3v) is 5.93. The number of carbonyl (C=O) groups is 2. The SMILES string of the molecule is Cc1nc([C@H]2CCCCN2C(=O)Cc2ccc(F)cc2)ncc1C(=O)NCc1ccccc1. The largest absolute Gasteiger partial charge is 0.348 e. The molecule has 0 spiro atoms. The fourth-order valence-electron chi connectivity index (χ4n) is 4.12. The summed E-state index contributed by atoms with van der Waals surface area (Å²) in [7, 11) is 0. The number of rotatable bonds is 6. The van der Waals surface area contributed by atoms with E-state index in [1.807, 2.05) is 35.2 Å². The second-order valence-corrected chi connectivity index (χ2v) is 8.30. The van der Waals surface area contributed by atoms with Gasteiger partial charge in [-0.1, -0.05) is 42.5 Å². The van der Waals surface area contributed by atoms with Crippen molar-refractivity contribution in [3.05, 3.63) is 94.8 Å². The fraction of sp³-hybridized carbons (Fsp3) is 0.308. The van der Waals surface area contributed by atoms with Crippen molar-refractivity contribution in [2.75, 3.05) is 6.54 Å². The molecule has 3 aromatic rings. The van der Waals surface area contributed by atoms with Crippen LogP contribution < -0.4 is 5.32 Å². The third-order valence-electron chi connectivity index (χ3n) is 5.93. The highest BCUT2D eigenvalue weighted by molar-refractivity contribution is 5.94. The second-order valence-electron chi connectivity index (χ2n) is 8.30. The first kappa shape index (κ1) is 22.6. The molecule has 2 aromatic carbocycles. The molecule has 0 aliphatic carbocycles. The highest BCUT2D eigenvalue weighted by atomic mass is 19.1. The second kappa shape index (κ2) is 10.3. The molecule has 1 N–H and O–H groups in total. The molecule has 1 atom stereocenters. The van der Waals surface area contributed by atoms with Crippen LogP contribution in [0.4, 0.5) is 4.39 Å². The van der Waals surface area contributed by atoms with Crippen LogP contribution in [0.1, 0.15) is 58.3 Å². The lowest BCUT2D eigenvalue weighted by Crippen LogP contribution is -2.40. The standard InChI is InChI=1S/C26H27FN4O2/c1-18-22(26(33)29-16-20-7-3-2-4-8-20)17-28-25(30-18)23-9-5-6-14-31(23)24(32)15-19-10-12-21(27)13-11-19/h2-4,7-8,10-13,17,23H,5-6,9,14-16H2,1H3,(H,29,33)/t23-/m1/s1. The van der Waals surface area contributed by atoms with Crippen LogP contribution in [0.2, 0.25) is 0 Å². The normalized spacial score (nSPS) is 15.8. The van der Waals surface area contributed by atoms with Crippen LogP contribution in [0.5, 0.6) is 0 Å². The number of benzene rings is 2. The molecule has 170 valence electrons. The Labute approximate surface area is 192 Å². The molecule has 1 aromatic heterocycles. The lowest BCUT2D eigenvalue weighted by Gasteiger charge is -2.35. The molecule has 0 radical (unpaired) electrons. The summed E-state index contributed by atoms with van der Waals surface area (Å²) >= 11 is 0. The Kier molecular flexibility index (Phi) is 7.07. The molecule has 2 heterocycles. The van der Waals surface area contributed by atoms with Gasteiger partial charge in [0.15, 0.2) is 5.82 Å². The Balaban J connectivity index is 1.46. The summed E-state index contributed by atoms with van der Waals surface area (Å²) in [5.41, 5.74) is 2.79. The molecule has 1 saturated heterocycles. The molecule has 1 aliphatic rings. The van der Waals surface area contributed by atoms with Crippen molar-refractivity contribution in [2.45, 2.75) is 45.2 Å². The van der Waals surface area contributed by atoms with Gasteiger partial charge in [-0.05, 0) is 49.4 Å². The fourth-order valence-corrected chi connectivity index (χ4v) is 4.12. The van der Waals surface area contributed by atoms with Crippen LogP contribution in [0, 0.1) is 12.7 Å². The van der Waals surface area contributed by atoms with E-state index in [-0.39, 0.29) is 30.1 Å². The van der Waals surface area contributed by atoms with Gasteiger partial charge < -0.3 is 10.2 Å². The first-order valence-corrected chi connectivity index (χ1v) is 11.2. The van der Waals surface area contributed by atoms with Gasteiger partial charge in [0.2, 0.25) is 5.91 Å². The average Bonchev–Trinajstić information content (AvgIpc) is 2.84. The lowest BCUT2D eigenvalue weighted by atomic mass is 9.99. The predicted molar refractivity (Wildman–Crippen MR) is 123 cm³/mol. The summed E-state index contributed by atoms with van der Waals surface area (Å²) in [5.74, 6) is -0.0221. The van der Waals surface area contributed by atoms with E-state index in [1.54, 1.807) is 25.3 Å². The Bertz CT molecular complexity index is 1120. The van der Waals surface area contributed by atoms with Crippen LogP contribution in [0.25, 0.3) is 0 Å². The molecule has 0 bridgehead atoms.